The Morgan fingerprint density at radius 3 is 2.38 bits per heavy atom. The molecule has 3 unspecified atom stereocenters. The fraction of sp³-hybridized carbons (Fsp3) is 1.00. The van der Waals surface area contributed by atoms with Gasteiger partial charge in [0.25, 0.3) is 7.82 Å². The molecule has 0 amide bonds. The lowest BCUT2D eigenvalue weighted by atomic mass is 9.49. The normalized spacial score (nSPS) is 42.7. The summed E-state index contributed by atoms with van der Waals surface area (Å²) in [6, 6.07) is -1.23. The molecular weight excluding hydrogens is 360 g/mol. The molecule has 143 valence electrons. The number of ether oxygens (including phenoxy) is 4. The smallest absolute Gasteiger partial charge is 0.268 e. The quantitative estimate of drug-likeness (QED) is 0.377. The highest BCUT2D eigenvalue weighted by molar-refractivity contribution is 7.45. The molecular formula is C14H24B3O8P-. The number of rotatable bonds is 9. The van der Waals surface area contributed by atoms with Gasteiger partial charge in [-0.05, 0) is 0 Å². The topological polar surface area (TPSA) is 95.5 Å². The summed E-state index contributed by atoms with van der Waals surface area (Å²) in [5, 5.41) is 0. The van der Waals surface area contributed by atoms with E-state index in [1.165, 1.54) is 21.4 Å². The predicted molar refractivity (Wildman–Crippen MR) is 94.0 cm³/mol. The van der Waals surface area contributed by atoms with Gasteiger partial charge < -0.3 is 32.9 Å². The third-order valence-corrected chi connectivity index (χ3v) is 5.90. The van der Waals surface area contributed by atoms with Crippen LogP contribution in [0.2, 0.25) is 0 Å². The first-order chi connectivity index (χ1) is 12.2. The second-order valence-electron chi connectivity index (χ2n) is 6.66. The predicted octanol–water partition coefficient (Wildman–Crippen LogP) is -0.804. The molecule has 2 saturated heterocycles. The standard InChI is InChI=1S/C14H25B3O8P/c1-7-9(5-20-3)23-13(15)12(7)25-26(18,19)22-6-10-11(21-4)8(2)14(17-16)24-10/h7-14H,5-6H2,1-4H3,(H,18,19)/p-1/t7-,8?,9+,10+,11+,12?,13+,14+/m0/s1. The van der Waals surface area contributed by atoms with Crippen molar-refractivity contribution in [3.05, 3.63) is 0 Å². The third-order valence-electron chi connectivity index (χ3n) is 4.94. The Kier molecular flexibility index (Phi) is 8.25. The maximum absolute atomic E-state index is 12.2. The van der Waals surface area contributed by atoms with Crippen LogP contribution in [0.3, 0.4) is 0 Å². The fourth-order valence-electron chi connectivity index (χ4n) is 3.42. The minimum atomic E-state index is -4.63. The summed E-state index contributed by atoms with van der Waals surface area (Å²) in [6.45, 7) is 3.74. The Morgan fingerprint density at radius 1 is 1.12 bits per heavy atom. The molecule has 0 aromatic rings. The van der Waals surface area contributed by atoms with Crippen molar-refractivity contribution in [2.75, 3.05) is 27.4 Å². The largest absolute Gasteiger partial charge is 0.756 e. The molecule has 8 nitrogen and oxygen atoms in total. The Balaban J connectivity index is 1.91. The van der Waals surface area contributed by atoms with E-state index in [-0.39, 0.29) is 36.7 Å². The Morgan fingerprint density at radius 2 is 1.81 bits per heavy atom. The van der Waals surface area contributed by atoms with Crippen LogP contribution >= 0.6 is 7.82 Å². The molecule has 2 fully saturated rings. The maximum atomic E-state index is 12.2. The molecule has 2 rings (SSSR count). The van der Waals surface area contributed by atoms with Gasteiger partial charge in [0.15, 0.2) is 0 Å². The van der Waals surface area contributed by atoms with Gasteiger partial charge in [-0.1, -0.05) is 13.8 Å². The minimum Gasteiger partial charge on any atom is -0.756 e. The van der Waals surface area contributed by atoms with E-state index in [0.29, 0.717) is 6.61 Å². The molecule has 26 heavy (non-hydrogen) atoms. The molecule has 0 aromatic carbocycles. The highest BCUT2D eigenvalue weighted by atomic mass is 31.2. The van der Waals surface area contributed by atoms with Gasteiger partial charge in [-0.3, -0.25) is 4.57 Å². The Hall–Kier alpha value is 0.145. The molecule has 12 heteroatoms. The zero-order chi connectivity index (χ0) is 19.5. The molecule has 5 radical (unpaired) electrons. The summed E-state index contributed by atoms with van der Waals surface area (Å²) in [7, 11) is 11.2. The van der Waals surface area contributed by atoms with E-state index in [0.717, 1.165) is 0 Å². The van der Waals surface area contributed by atoms with Crippen LogP contribution in [0.15, 0.2) is 0 Å². The van der Waals surface area contributed by atoms with Crippen LogP contribution < -0.4 is 4.89 Å². The zero-order valence-corrected chi connectivity index (χ0v) is 16.4. The van der Waals surface area contributed by atoms with E-state index >= 15 is 0 Å². The van der Waals surface area contributed by atoms with E-state index < -0.39 is 26.0 Å². The molecule has 0 bridgehead atoms. The number of hydrogen-bond acceptors (Lipinski definition) is 8. The van der Waals surface area contributed by atoms with Crippen molar-refractivity contribution in [3.63, 3.8) is 0 Å². The molecule has 0 aliphatic carbocycles. The summed E-state index contributed by atoms with van der Waals surface area (Å²) in [6.07, 6.45) is -2.14. The monoisotopic (exact) mass is 384 g/mol. The minimum absolute atomic E-state index is 0.0305. The van der Waals surface area contributed by atoms with E-state index in [4.69, 9.17) is 43.6 Å². The van der Waals surface area contributed by atoms with Crippen molar-refractivity contribution in [1.82, 2.24) is 0 Å². The zero-order valence-electron chi connectivity index (χ0n) is 15.5. The average molecular weight is 384 g/mol. The van der Waals surface area contributed by atoms with Gasteiger partial charge in [-0.15, -0.1) is 0 Å². The van der Waals surface area contributed by atoms with Gasteiger partial charge in [0.05, 0.1) is 38.7 Å². The first-order valence-corrected chi connectivity index (χ1v) is 9.97. The van der Waals surface area contributed by atoms with Crippen molar-refractivity contribution < 1.29 is 37.5 Å². The molecule has 2 aliphatic rings. The van der Waals surface area contributed by atoms with Crippen LogP contribution in [-0.4, -0.2) is 86.6 Å². The molecule has 2 heterocycles. The van der Waals surface area contributed by atoms with Gasteiger partial charge in [0.1, 0.15) is 14.0 Å². The summed E-state index contributed by atoms with van der Waals surface area (Å²) < 4.78 is 44.0. The fourth-order valence-corrected chi connectivity index (χ4v) is 4.42. The molecule has 0 N–H and O–H groups in total. The number of phosphoric ester groups is 1. The van der Waals surface area contributed by atoms with Gasteiger partial charge in [0.2, 0.25) is 0 Å². The van der Waals surface area contributed by atoms with E-state index in [2.05, 4.69) is 0 Å². The van der Waals surface area contributed by atoms with Crippen LogP contribution in [0.5, 0.6) is 0 Å². The maximum Gasteiger partial charge on any atom is 0.268 e. The second kappa shape index (κ2) is 9.57. The number of methoxy groups -OCH3 is 2. The highest BCUT2D eigenvalue weighted by Crippen LogP contribution is 2.45. The second-order valence-corrected chi connectivity index (χ2v) is 8.02. The van der Waals surface area contributed by atoms with Crippen molar-refractivity contribution in [2.24, 2.45) is 11.8 Å². The first kappa shape index (κ1) is 22.4. The van der Waals surface area contributed by atoms with E-state index in [1.54, 1.807) is 6.92 Å². The van der Waals surface area contributed by atoms with Crippen molar-refractivity contribution in [2.45, 2.75) is 50.3 Å². The van der Waals surface area contributed by atoms with Crippen LogP contribution in [0.4, 0.5) is 0 Å². The third kappa shape index (κ3) is 5.14. The number of phosphoric acid groups is 1. The van der Waals surface area contributed by atoms with Crippen molar-refractivity contribution >= 4 is 30.6 Å². The Labute approximate surface area is 158 Å². The van der Waals surface area contributed by atoms with Gasteiger partial charge in [-0.2, -0.15) is 0 Å². The summed E-state index contributed by atoms with van der Waals surface area (Å²) in [4.78, 5) is 12.2. The molecule has 0 saturated carbocycles. The molecule has 2 aliphatic heterocycles. The van der Waals surface area contributed by atoms with Crippen molar-refractivity contribution in [3.8, 4) is 0 Å². The van der Waals surface area contributed by atoms with Gasteiger partial charge >= 0.3 is 0 Å². The first-order valence-electron chi connectivity index (χ1n) is 8.51. The average Bonchev–Trinajstić information content (AvgIpc) is 3.04. The summed E-state index contributed by atoms with van der Waals surface area (Å²) in [5.41, 5.74) is 0. The van der Waals surface area contributed by atoms with Crippen LogP contribution in [0.25, 0.3) is 0 Å². The van der Waals surface area contributed by atoms with Crippen LogP contribution in [0.1, 0.15) is 13.8 Å². The molecule has 0 spiro atoms. The lowest BCUT2D eigenvalue weighted by molar-refractivity contribution is -0.233. The van der Waals surface area contributed by atoms with Crippen LogP contribution in [0, 0.1) is 11.8 Å². The van der Waals surface area contributed by atoms with E-state index in [9.17, 15) is 9.46 Å². The van der Waals surface area contributed by atoms with Gasteiger partial charge in [-0.25, -0.2) is 0 Å². The summed E-state index contributed by atoms with van der Waals surface area (Å²) >= 11 is 0. The lowest BCUT2D eigenvalue weighted by Crippen LogP contribution is -2.34. The van der Waals surface area contributed by atoms with Crippen LogP contribution in [-0.2, 0) is 32.6 Å². The SMILES string of the molecule is [B][B][C@@H]1O[C@H](COP(=O)([O-])OC2[C@H]([B])O[C@H](COC)[C@@H]2C)[C@H](OC)C1C. The van der Waals surface area contributed by atoms with Crippen molar-refractivity contribution in [1.29, 1.82) is 0 Å². The Bertz CT molecular complexity index is 501. The van der Waals surface area contributed by atoms with E-state index in [1.807, 2.05) is 6.92 Å². The highest BCUT2D eigenvalue weighted by Gasteiger charge is 2.43. The molecule has 9 atom stereocenters. The van der Waals surface area contributed by atoms with Gasteiger partial charge in [0, 0.05) is 45.8 Å². The number of hydrogen-bond donors (Lipinski definition) is 0. The lowest BCUT2D eigenvalue weighted by Gasteiger charge is -2.31. The molecule has 0 aromatic heterocycles. The summed E-state index contributed by atoms with van der Waals surface area (Å²) in [5.74, 6) is -0.307.